The summed E-state index contributed by atoms with van der Waals surface area (Å²) in [5, 5.41) is 0. The standard InChI is InChI=1S/C24H34N2O/c1-2-25-17-19-26(20-18-25)16-8-3-4-9-21-27-24-14-12-23(13-15-24)22-10-6-5-7-11-22/h5-7,10-15H,2-4,8-9,16-21H2,1H3. The molecule has 1 saturated heterocycles. The summed E-state index contributed by atoms with van der Waals surface area (Å²) < 4.78 is 5.90. The number of hydrogen-bond donors (Lipinski definition) is 0. The van der Waals surface area contributed by atoms with Gasteiger partial charge in [0.05, 0.1) is 6.61 Å². The van der Waals surface area contributed by atoms with Gasteiger partial charge in [0.25, 0.3) is 0 Å². The second-order valence-corrected chi connectivity index (χ2v) is 7.43. The fourth-order valence-electron chi connectivity index (χ4n) is 3.68. The second-order valence-electron chi connectivity index (χ2n) is 7.43. The Labute approximate surface area is 164 Å². The molecule has 1 heterocycles. The van der Waals surface area contributed by atoms with E-state index in [1.54, 1.807) is 0 Å². The van der Waals surface area contributed by atoms with Crippen molar-refractivity contribution in [3.8, 4) is 16.9 Å². The third kappa shape index (κ3) is 6.67. The second kappa shape index (κ2) is 11.1. The van der Waals surface area contributed by atoms with Crippen LogP contribution in [0, 0.1) is 0 Å². The maximum absolute atomic E-state index is 5.90. The molecule has 0 spiro atoms. The molecule has 1 aliphatic rings. The molecule has 0 aromatic heterocycles. The lowest BCUT2D eigenvalue weighted by molar-refractivity contribution is 0.135. The molecule has 1 fully saturated rings. The number of nitrogens with zero attached hydrogens (tertiary/aromatic N) is 2. The summed E-state index contributed by atoms with van der Waals surface area (Å²) in [6.07, 6.45) is 5.03. The Morgan fingerprint density at radius 1 is 0.704 bits per heavy atom. The first-order chi connectivity index (χ1) is 13.3. The van der Waals surface area contributed by atoms with Gasteiger partial charge in [0.1, 0.15) is 5.75 Å². The van der Waals surface area contributed by atoms with Crippen LogP contribution in [0.4, 0.5) is 0 Å². The zero-order chi connectivity index (χ0) is 18.7. The Kier molecular flexibility index (Phi) is 8.19. The maximum atomic E-state index is 5.90. The molecule has 0 radical (unpaired) electrons. The van der Waals surface area contributed by atoms with Crippen LogP contribution in [0.3, 0.4) is 0 Å². The van der Waals surface area contributed by atoms with Gasteiger partial charge < -0.3 is 14.5 Å². The smallest absolute Gasteiger partial charge is 0.119 e. The van der Waals surface area contributed by atoms with Gasteiger partial charge >= 0.3 is 0 Å². The Morgan fingerprint density at radius 3 is 2.04 bits per heavy atom. The quantitative estimate of drug-likeness (QED) is 0.555. The Morgan fingerprint density at radius 2 is 1.33 bits per heavy atom. The first-order valence-corrected chi connectivity index (χ1v) is 10.6. The summed E-state index contributed by atoms with van der Waals surface area (Å²) in [5.41, 5.74) is 2.49. The minimum atomic E-state index is 0.819. The van der Waals surface area contributed by atoms with Crippen LogP contribution in [-0.2, 0) is 0 Å². The van der Waals surface area contributed by atoms with E-state index in [2.05, 4.69) is 65.3 Å². The zero-order valence-electron chi connectivity index (χ0n) is 16.8. The largest absolute Gasteiger partial charge is 0.494 e. The van der Waals surface area contributed by atoms with Crippen molar-refractivity contribution in [1.29, 1.82) is 0 Å². The zero-order valence-corrected chi connectivity index (χ0v) is 16.8. The molecule has 0 bridgehead atoms. The highest BCUT2D eigenvalue weighted by Gasteiger charge is 2.14. The third-order valence-electron chi connectivity index (χ3n) is 5.51. The topological polar surface area (TPSA) is 15.7 Å². The minimum absolute atomic E-state index is 0.819. The van der Waals surface area contributed by atoms with Crippen molar-refractivity contribution in [2.24, 2.45) is 0 Å². The van der Waals surface area contributed by atoms with Crippen LogP contribution in [0.1, 0.15) is 32.6 Å². The van der Waals surface area contributed by atoms with Crippen LogP contribution >= 0.6 is 0 Å². The molecule has 146 valence electrons. The number of benzene rings is 2. The number of unbranched alkanes of at least 4 members (excludes halogenated alkanes) is 3. The monoisotopic (exact) mass is 366 g/mol. The average molecular weight is 367 g/mol. The molecule has 3 heteroatoms. The van der Waals surface area contributed by atoms with Crippen LogP contribution in [-0.4, -0.2) is 55.7 Å². The maximum Gasteiger partial charge on any atom is 0.119 e. The summed E-state index contributed by atoms with van der Waals surface area (Å²) in [4.78, 5) is 5.16. The molecule has 2 aromatic rings. The van der Waals surface area contributed by atoms with Crippen molar-refractivity contribution >= 4 is 0 Å². The summed E-state index contributed by atoms with van der Waals surface area (Å²) in [6, 6.07) is 18.9. The molecule has 1 aliphatic heterocycles. The van der Waals surface area contributed by atoms with E-state index in [0.717, 1.165) is 18.8 Å². The molecule has 0 saturated carbocycles. The summed E-state index contributed by atoms with van der Waals surface area (Å²) >= 11 is 0. The van der Waals surface area contributed by atoms with E-state index in [1.807, 2.05) is 6.07 Å². The van der Waals surface area contributed by atoms with E-state index < -0.39 is 0 Å². The van der Waals surface area contributed by atoms with Gasteiger partial charge in [-0.2, -0.15) is 0 Å². The summed E-state index contributed by atoms with van der Waals surface area (Å²) in [5.74, 6) is 0.975. The van der Waals surface area contributed by atoms with Gasteiger partial charge in [0.2, 0.25) is 0 Å². The average Bonchev–Trinajstić information content (AvgIpc) is 2.74. The van der Waals surface area contributed by atoms with Crippen molar-refractivity contribution in [1.82, 2.24) is 9.80 Å². The van der Waals surface area contributed by atoms with Crippen LogP contribution in [0.5, 0.6) is 5.75 Å². The molecule has 0 unspecified atom stereocenters. The lowest BCUT2D eigenvalue weighted by Gasteiger charge is -2.33. The van der Waals surface area contributed by atoms with E-state index in [1.165, 1.54) is 69.7 Å². The highest BCUT2D eigenvalue weighted by Crippen LogP contribution is 2.22. The van der Waals surface area contributed by atoms with Crippen LogP contribution < -0.4 is 4.74 Å². The summed E-state index contributed by atoms with van der Waals surface area (Å²) in [7, 11) is 0. The third-order valence-corrected chi connectivity index (χ3v) is 5.51. The molecule has 2 aromatic carbocycles. The molecule has 0 atom stereocenters. The molecule has 0 N–H and O–H groups in total. The predicted molar refractivity (Wildman–Crippen MR) is 114 cm³/mol. The van der Waals surface area contributed by atoms with Crippen molar-refractivity contribution in [2.75, 3.05) is 45.9 Å². The van der Waals surface area contributed by atoms with Crippen molar-refractivity contribution < 1.29 is 4.74 Å². The minimum Gasteiger partial charge on any atom is -0.494 e. The normalized spacial score (nSPS) is 15.7. The van der Waals surface area contributed by atoms with Gasteiger partial charge in [-0.3, -0.25) is 0 Å². The first-order valence-electron chi connectivity index (χ1n) is 10.6. The first kappa shape index (κ1) is 19.9. The molecule has 3 rings (SSSR count). The van der Waals surface area contributed by atoms with Gasteiger partial charge in [-0.25, -0.2) is 0 Å². The number of likely N-dealkylation sites (N-methyl/N-ethyl adjacent to an activating group) is 1. The molecular formula is C24H34N2O. The molecule has 3 nitrogen and oxygen atoms in total. The Bertz CT molecular complexity index is 633. The van der Waals surface area contributed by atoms with E-state index in [4.69, 9.17) is 4.74 Å². The molecular weight excluding hydrogens is 332 g/mol. The number of rotatable bonds is 10. The number of hydrogen-bond acceptors (Lipinski definition) is 3. The van der Waals surface area contributed by atoms with E-state index >= 15 is 0 Å². The molecule has 0 amide bonds. The van der Waals surface area contributed by atoms with Gasteiger partial charge in [-0.05, 0) is 49.2 Å². The molecule has 27 heavy (non-hydrogen) atoms. The lowest BCUT2D eigenvalue weighted by atomic mass is 10.1. The van der Waals surface area contributed by atoms with Gasteiger partial charge in [0, 0.05) is 26.2 Å². The van der Waals surface area contributed by atoms with E-state index in [0.29, 0.717) is 0 Å². The SMILES string of the molecule is CCN1CCN(CCCCCCOc2ccc(-c3ccccc3)cc2)CC1. The van der Waals surface area contributed by atoms with Crippen LogP contribution in [0.25, 0.3) is 11.1 Å². The highest BCUT2D eigenvalue weighted by molar-refractivity contribution is 5.63. The molecule has 0 aliphatic carbocycles. The van der Waals surface area contributed by atoms with Crippen LogP contribution in [0.2, 0.25) is 0 Å². The van der Waals surface area contributed by atoms with Crippen molar-refractivity contribution in [3.63, 3.8) is 0 Å². The fourth-order valence-corrected chi connectivity index (χ4v) is 3.68. The Hall–Kier alpha value is -1.84. The number of ether oxygens (including phenoxy) is 1. The Balaban J connectivity index is 1.24. The van der Waals surface area contributed by atoms with E-state index in [9.17, 15) is 0 Å². The fraction of sp³-hybridized carbons (Fsp3) is 0.500. The predicted octanol–water partition coefficient (Wildman–Crippen LogP) is 4.93. The van der Waals surface area contributed by atoms with Gasteiger partial charge in [0.15, 0.2) is 0 Å². The lowest BCUT2D eigenvalue weighted by Crippen LogP contribution is -2.46. The van der Waals surface area contributed by atoms with E-state index in [-0.39, 0.29) is 0 Å². The number of piperazine rings is 1. The van der Waals surface area contributed by atoms with Crippen molar-refractivity contribution in [2.45, 2.75) is 32.6 Å². The summed E-state index contributed by atoms with van der Waals surface area (Å²) in [6.45, 7) is 10.5. The van der Waals surface area contributed by atoms with Gasteiger partial charge in [-0.15, -0.1) is 0 Å². The van der Waals surface area contributed by atoms with Crippen LogP contribution in [0.15, 0.2) is 54.6 Å². The highest BCUT2D eigenvalue weighted by atomic mass is 16.5. The van der Waals surface area contributed by atoms with Crippen molar-refractivity contribution in [3.05, 3.63) is 54.6 Å². The van der Waals surface area contributed by atoms with Gasteiger partial charge in [-0.1, -0.05) is 62.2 Å².